The molecule has 3 heteroatoms. The highest BCUT2D eigenvalue weighted by molar-refractivity contribution is 7.13. The summed E-state index contributed by atoms with van der Waals surface area (Å²) in [5.41, 5.74) is 0.103. The van der Waals surface area contributed by atoms with E-state index >= 15 is 0 Å². The summed E-state index contributed by atoms with van der Waals surface area (Å²) < 4.78 is 0. The van der Waals surface area contributed by atoms with Crippen LogP contribution in [0, 0.1) is 0 Å². The van der Waals surface area contributed by atoms with Gasteiger partial charge in [-0.15, -0.1) is 11.3 Å². The van der Waals surface area contributed by atoms with Crippen LogP contribution in [0.15, 0.2) is 6.20 Å². The minimum atomic E-state index is 0.0514. The van der Waals surface area contributed by atoms with Crippen LogP contribution in [0.2, 0.25) is 0 Å². The number of carbonyl (C=O) groups excluding carboxylic acids is 1. The Morgan fingerprint density at radius 3 is 2.33 bits per heavy atom. The maximum atomic E-state index is 10.9. The second-order valence-corrected chi connectivity index (χ2v) is 4.87. The molecule has 66 valence electrons. The number of aromatic nitrogens is 1. The maximum Gasteiger partial charge on any atom is 0.188 e. The van der Waals surface area contributed by atoms with Crippen LogP contribution in [0.25, 0.3) is 0 Å². The van der Waals surface area contributed by atoms with E-state index in [2.05, 4.69) is 25.8 Å². The molecule has 0 fully saturated rings. The van der Waals surface area contributed by atoms with Gasteiger partial charge in [-0.25, -0.2) is 4.98 Å². The van der Waals surface area contributed by atoms with Crippen molar-refractivity contribution in [1.82, 2.24) is 4.98 Å². The van der Waals surface area contributed by atoms with E-state index in [0.717, 1.165) is 4.88 Å². The van der Waals surface area contributed by atoms with Gasteiger partial charge in [-0.05, 0) is 5.41 Å². The summed E-state index contributed by atoms with van der Waals surface area (Å²) in [7, 11) is 0. The van der Waals surface area contributed by atoms with Crippen molar-refractivity contribution in [2.45, 2.75) is 33.1 Å². The standard InChI is InChI=1S/C9H13NOS/c1-6(11)8-10-5-7(12-8)9(2,3)4/h5H,1-4H3. The molecule has 0 aliphatic carbocycles. The maximum absolute atomic E-state index is 10.9. The van der Waals surface area contributed by atoms with Crippen LogP contribution in [0.3, 0.4) is 0 Å². The number of thiazole rings is 1. The second-order valence-electron chi connectivity index (χ2n) is 3.84. The number of carbonyl (C=O) groups is 1. The number of hydrogen-bond acceptors (Lipinski definition) is 3. The van der Waals surface area contributed by atoms with Gasteiger partial charge in [0.1, 0.15) is 0 Å². The van der Waals surface area contributed by atoms with Gasteiger partial charge in [0.15, 0.2) is 10.8 Å². The van der Waals surface area contributed by atoms with E-state index in [1.807, 2.05) is 0 Å². The van der Waals surface area contributed by atoms with Crippen molar-refractivity contribution in [2.24, 2.45) is 0 Å². The van der Waals surface area contributed by atoms with Crippen LogP contribution in [0.5, 0.6) is 0 Å². The van der Waals surface area contributed by atoms with Gasteiger partial charge >= 0.3 is 0 Å². The number of nitrogens with zero attached hydrogens (tertiary/aromatic N) is 1. The summed E-state index contributed by atoms with van der Waals surface area (Å²) in [4.78, 5) is 16.1. The zero-order valence-corrected chi connectivity index (χ0v) is 8.66. The van der Waals surface area contributed by atoms with Crippen LogP contribution in [-0.2, 0) is 5.41 Å². The monoisotopic (exact) mass is 183 g/mol. The lowest BCUT2D eigenvalue weighted by Gasteiger charge is -2.14. The van der Waals surface area contributed by atoms with Crippen molar-refractivity contribution in [3.05, 3.63) is 16.1 Å². The Morgan fingerprint density at radius 1 is 1.50 bits per heavy atom. The van der Waals surface area contributed by atoms with Gasteiger partial charge in [-0.1, -0.05) is 20.8 Å². The van der Waals surface area contributed by atoms with Gasteiger partial charge in [-0.3, -0.25) is 4.79 Å². The van der Waals surface area contributed by atoms with Gasteiger partial charge < -0.3 is 0 Å². The Hall–Kier alpha value is -0.700. The number of Topliss-reactive ketones (excluding diaryl/α,β-unsaturated/α-hetero) is 1. The zero-order valence-electron chi connectivity index (χ0n) is 7.84. The molecular formula is C9H13NOS. The van der Waals surface area contributed by atoms with Crippen LogP contribution in [0.1, 0.15) is 42.4 Å². The molecule has 1 aromatic rings. The zero-order chi connectivity index (χ0) is 9.35. The molecule has 2 nitrogen and oxygen atoms in total. The van der Waals surface area contributed by atoms with E-state index in [0.29, 0.717) is 5.01 Å². The molecule has 0 spiro atoms. The Labute approximate surface area is 76.6 Å². The topological polar surface area (TPSA) is 30.0 Å². The van der Waals surface area contributed by atoms with E-state index in [9.17, 15) is 4.79 Å². The van der Waals surface area contributed by atoms with E-state index in [1.54, 1.807) is 13.1 Å². The Kier molecular flexibility index (Phi) is 2.33. The first kappa shape index (κ1) is 9.39. The second kappa shape index (κ2) is 2.98. The SMILES string of the molecule is CC(=O)c1ncc(C(C)(C)C)s1. The average molecular weight is 183 g/mol. The Morgan fingerprint density at radius 2 is 2.08 bits per heavy atom. The summed E-state index contributed by atoms with van der Waals surface area (Å²) >= 11 is 1.49. The first-order valence-electron chi connectivity index (χ1n) is 3.88. The Balaban J connectivity index is 3.00. The largest absolute Gasteiger partial charge is 0.292 e. The lowest BCUT2D eigenvalue weighted by Crippen LogP contribution is -2.07. The molecule has 0 saturated carbocycles. The molecule has 0 aliphatic rings. The molecule has 0 aromatic carbocycles. The summed E-state index contributed by atoms with van der Waals surface area (Å²) in [6.07, 6.45) is 1.79. The van der Waals surface area contributed by atoms with Gasteiger partial charge in [0, 0.05) is 18.0 Å². The minimum absolute atomic E-state index is 0.0514. The molecule has 0 saturated heterocycles. The number of rotatable bonds is 1. The van der Waals surface area contributed by atoms with Crippen LogP contribution >= 0.6 is 11.3 Å². The summed E-state index contributed by atoms with van der Waals surface area (Å²) in [5.74, 6) is 0.0514. The average Bonchev–Trinajstić information content (AvgIpc) is 2.30. The smallest absolute Gasteiger partial charge is 0.188 e. The van der Waals surface area contributed by atoms with E-state index < -0.39 is 0 Å². The normalized spacial score (nSPS) is 11.7. The molecule has 1 aromatic heterocycles. The highest BCUT2D eigenvalue weighted by Crippen LogP contribution is 2.27. The highest BCUT2D eigenvalue weighted by atomic mass is 32.1. The molecule has 0 unspecified atom stereocenters. The lowest BCUT2D eigenvalue weighted by atomic mass is 9.96. The van der Waals surface area contributed by atoms with Crippen molar-refractivity contribution in [3.8, 4) is 0 Å². The fourth-order valence-electron chi connectivity index (χ4n) is 0.784. The summed E-state index contributed by atoms with van der Waals surface area (Å²) in [6, 6.07) is 0. The van der Waals surface area contributed by atoms with E-state index in [4.69, 9.17) is 0 Å². The molecule has 12 heavy (non-hydrogen) atoms. The van der Waals surface area contributed by atoms with Crippen molar-refractivity contribution in [3.63, 3.8) is 0 Å². The summed E-state index contributed by atoms with van der Waals surface area (Å²) in [6.45, 7) is 7.89. The fourth-order valence-corrected chi connectivity index (χ4v) is 1.65. The van der Waals surface area contributed by atoms with Crippen molar-refractivity contribution in [1.29, 1.82) is 0 Å². The first-order chi connectivity index (χ1) is 5.41. The predicted molar refractivity (Wildman–Crippen MR) is 50.8 cm³/mol. The summed E-state index contributed by atoms with van der Waals surface area (Å²) in [5, 5.41) is 0.611. The third-order valence-corrected chi connectivity index (χ3v) is 3.07. The first-order valence-corrected chi connectivity index (χ1v) is 4.70. The van der Waals surface area contributed by atoms with Gasteiger partial charge in [0.25, 0.3) is 0 Å². The molecule has 1 heterocycles. The molecule has 1 rings (SSSR count). The van der Waals surface area contributed by atoms with Crippen molar-refractivity contribution >= 4 is 17.1 Å². The molecule has 0 radical (unpaired) electrons. The highest BCUT2D eigenvalue weighted by Gasteiger charge is 2.17. The van der Waals surface area contributed by atoms with Crippen molar-refractivity contribution in [2.75, 3.05) is 0 Å². The Bertz CT molecular complexity index is 296. The van der Waals surface area contributed by atoms with E-state index in [1.165, 1.54) is 11.3 Å². The molecule has 0 atom stereocenters. The fraction of sp³-hybridized carbons (Fsp3) is 0.556. The molecular weight excluding hydrogens is 170 g/mol. The lowest BCUT2D eigenvalue weighted by molar-refractivity contribution is 0.101. The molecule has 0 amide bonds. The third-order valence-electron chi connectivity index (χ3n) is 1.55. The van der Waals surface area contributed by atoms with Gasteiger partial charge in [-0.2, -0.15) is 0 Å². The third kappa shape index (κ3) is 1.91. The van der Waals surface area contributed by atoms with Crippen molar-refractivity contribution < 1.29 is 4.79 Å². The van der Waals surface area contributed by atoms with Crippen LogP contribution < -0.4 is 0 Å². The van der Waals surface area contributed by atoms with Crippen LogP contribution in [-0.4, -0.2) is 10.8 Å². The number of ketones is 1. The van der Waals surface area contributed by atoms with E-state index in [-0.39, 0.29) is 11.2 Å². The predicted octanol–water partition coefficient (Wildman–Crippen LogP) is 2.64. The number of hydrogen-bond donors (Lipinski definition) is 0. The van der Waals surface area contributed by atoms with Gasteiger partial charge in [0.2, 0.25) is 0 Å². The molecule has 0 aliphatic heterocycles. The van der Waals surface area contributed by atoms with Crippen LogP contribution in [0.4, 0.5) is 0 Å². The quantitative estimate of drug-likeness (QED) is 0.626. The minimum Gasteiger partial charge on any atom is -0.292 e. The molecule has 0 N–H and O–H groups in total. The van der Waals surface area contributed by atoms with Gasteiger partial charge in [0.05, 0.1) is 0 Å². The molecule has 0 bridgehead atoms.